The Kier molecular flexibility index (Phi) is 19.1. The minimum absolute atomic E-state index is 0.215. The number of nitrogens with zero attached hydrogens (tertiary/aromatic N) is 7. The van der Waals surface area contributed by atoms with Crippen LogP contribution in [0.3, 0.4) is 0 Å². The molecule has 6 heterocycles. The molecule has 1 unspecified atom stereocenters. The summed E-state index contributed by atoms with van der Waals surface area (Å²) >= 11 is 0. The molecule has 2 amide bonds. The van der Waals surface area contributed by atoms with Crippen molar-refractivity contribution in [2.24, 2.45) is 5.73 Å². The Labute approximate surface area is 341 Å². The van der Waals surface area contributed by atoms with Gasteiger partial charge in [0.25, 0.3) is 5.91 Å². The van der Waals surface area contributed by atoms with E-state index in [1.807, 2.05) is 50.4 Å². The highest BCUT2D eigenvalue weighted by Crippen LogP contribution is 2.30. The number of nitrogens with two attached hydrogens (primary N) is 1. The Morgan fingerprint density at radius 3 is 2.34 bits per heavy atom. The maximum absolute atomic E-state index is 13.0. The van der Waals surface area contributed by atoms with Gasteiger partial charge in [-0.1, -0.05) is 25.6 Å². The number of aromatic amines is 1. The summed E-state index contributed by atoms with van der Waals surface area (Å²) in [6, 6.07) is 14.3. The molecule has 0 spiro atoms. The maximum atomic E-state index is 13.0. The third-order valence-electron chi connectivity index (χ3n) is 9.90. The van der Waals surface area contributed by atoms with Crippen LogP contribution in [0.4, 0.5) is 11.5 Å². The number of likely N-dealkylation sites (N-methyl/N-ethyl adjacent to an activating group) is 2. The van der Waals surface area contributed by atoms with Gasteiger partial charge in [-0.3, -0.25) is 29.2 Å². The molecule has 7 rings (SSSR count). The van der Waals surface area contributed by atoms with Crippen LogP contribution in [-0.2, 0) is 25.7 Å². The monoisotopic (exact) mass is 797 g/mol. The van der Waals surface area contributed by atoms with Crippen LogP contribution < -0.4 is 21.3 Å². The van der Waals surface area contributed by atoms with Crippen molar-refractivity contribution in [3.05, 3.63) is 78.4 Å². The number of piperazine rings is 1. The zero-order valence-corrected chi connectivity index (χ0v) is 34.1. The molecule has 3 aliphatic heterocycles. The van der Waals surface area contributed by atoms with E-state index in [9.17, 15) is 14.4 Å². The fraction of sp³-hybridized carbons (Fsp3) is 0.452. The molecule has 0 aliphatic carbocycles. The Balaban J connectivity index is 0.000000326. The summed E-state index contributed by atoms with van der Waals surface area (Å²) in [6.45, 7) is 16.4. The lowest BCUT2D eigenvalue weighted by Crippen LogP contribution is -2.45. The van der Waals surface area contributed by atoms with Crippen molar-refractivity contribution < 1.29 is 23.9 Å². The average Bonchev–Trinajstić information content (AvgIpc) is 3.71. The summed E-state index contributed by atoms with van der Waals surface area (Å²) < 4.78 is 5.49. The number of aromatic nitrogens is 4. The molecule has 1 aromatic carbocycles. The fourth-order valence-corrected chi connectivity index (χ4v) is 6.76. The van der Waals surface area contributed by atoms with Crippen molar-refractivity contribution in [2.75, 3.05) is 96.4 Å². The van der Waals surface area contributed by atoms with Crippen molar-refractivity contribution >= 4 is 47.4 Å². The number of amides is 2. The zero-order valence-electron chi connectivity index (χ0n) is 34.1. The predicted molar refractivity (Wildman–Crippen MR) is 228 cm³/mol. The first-order chi connectivity index (χ1) is 28.2. The van der Waals surface area contributed by atoms with Gasteiger partial charge in [-0.05, 0) is 80.5 Å². The third kappa shape index (κ3) is 14.2. The van der Waals surface area contributed by atoms with Crippen molar-refractivity contribution in [1.29, 1.82) is 0 Å². The SMILES string of the molecule is C=C(C=O)CN1CCN(C)CC1.CCC=O.CNC1CCCN(Cc2ccnc(C(=O)Nc3ccc(-c4cc5c(N6CCOCC6)ncnc5[nH]4)cc3)c2)C1.NC=O. The normalized spacial score (nSPS) is 17.3. The molecular formula is C42H59N11O5. The molecule has 16 heteroatoms. The average molecular weight is 798 g/mol. The molecule has 4 aromatic rings. The summed E-state index contributed by atoms with van der Waals surface area (Å²) in [7, 11) is 4.14. The summed E-state index contributed by atoms with van der Waals surface area (Å²) in [5.41, 5.74) is 9.83. The first kappa shape index (κ1) is 45.3. The number of likely N-dealkylation sites (tertiary alicyclic amines) is 1. The molecule has 3 saturated heterocycles. The van der Waals surface area contributed by atoms with E-state index in [0.717, 1.165) is 112 Å². The van der Waals surface area contributed by atoms with Gasteiger partial charge in [0.2, 0.25) is 6.41 Å². The van der Waals surface area contributed by atoms with E-state index in [1.165, 1.54) is 12.8 Å². The number of nitrogens with one attached hydrogen (secondary N) is 3. The molecule has 312 valence electrons. The van der Waals surface area contributed by atoms with E-state index >= 15 is 0 Å². The van der Waals surface area contributed by atoms with Gasteiger partial charge in [0, 0.05) is 88.9 Å². The summed E-state index contributed by atoms with van der Waals surface area (Å²) in [5.74, 6) is 0.707. The van der Waals surface area contributed by atoms with Crippen LogP contribution in [0.2, 0.25) is 0 Å². The van der Waals surface area contributed by atoms with E-state index in [0.29, 0.717) is 42.6 Å². The smallest absolute Gasteiger partial charge is 0.274 e. The topological polar surface area (TPSA) is 195 Å². The second kappa shape index (κ2) is 24.4. The van der Waals surface area contributed by atoms with Crippen LogP contribution >= 0.6 is 0 Å². The molecule has 3 aromatic heterocycles. The van der Waals surface area contributed by atoms with Crippen LogP contribution in [0.5, 0.6) is 0 Å². The van der Waals surface area contributed by atoms with Crippen LogP contribution in [-0.4, -0.2) is 152 Å². The standard InChI is InChI=1S/C29H34N8O2.C9H16N2O.C3H6O.CH3NO/c1-30-23-3-2-10-36(18-23)17-20-8-9-31-26(15-20)29(38)34-22-6-4-21(5-7-22)25-16-24-27(35-25)32-19-33-28(24)37-11-13-39-14-12-37;1-9(8-12)7-11-5-3-10(2)4-6-11;1-2-3-4;2-1-3/h4-9,15-16,19,23,30H,2-3,10-14,17-18H2,1H3,(H,34,38)(H,32,33,35);8H,1,3-7H2,2H3;3H,2H2,1H3;1H,(H2,2,3). The van der Waals surface area contributed by atoms with Gasteiger partial charge in [0.05, 0.1) is 18.6 Å². The first-order valence-electron chi connectivity index (χ1n) is 19.8. The molecule has 16 nitrogen and oxygen atoms in total. The Morgan fingerprint density at radius 1 is 0.983 bits per heavy atom. The number of aldehydes is 2. The molecule has 0 radical (unpaired) electrons. The lowest BCUT2D eigenvalue weighted by atomic mass is 10.1. The predicted octanol–water partition coefficient (Wildman–Crippen LogP) is 2.98. The molecule has 0 bridgehead atoms. The minimum atomic E-state index is -0.215. The molecule has 3 aliphatic rings. The van der Waals surface area contributed by atoms with Crippen molar-refractivity contribution in [2.45, 2.75) is 38.8 Å². The maximum Gasteiger partial charge on any atom is 0.274 e. The van der Waals surface area contributed by atoms with Gasteiger partial charge >= 0.3 is 0 Å². The number of carbonyl (C=O) groups is 4. The van der Waals surface area contributed by atoms with Gasteiger partial charge in [0.15, 0.2) is 0 Å². The highest BCUT2D eigenvalue weighted by atomic mass is 16.5. The Morgan fingerprint density at radius 2 is 1.69 bits per heavy atom. The number of fused-ring (bicyclic) bond motifs is 1. The Hall–Kier alpha value is -5.39. The number of piperidine rings is 1. The summed E-state index contributed by atoms with van der Waals surface area (Å²) in [6.07, 6.45) is 8.32. The van der Waals surface area contributed by atoms with Crippen LogP contribution in [0.25, 0.3) is 22.3 Å². The largest absolute Gasteiger partial charge is 0.378 e. The van der Waals surface area contributed by atoms with Crippen molar-refractivity contribution in [3.63, 3.8) is 0 Å². The van der Waals surface area contributed by atoms with E-state index < -0.39 is 0 Å². The third-order valence-corrected chi connectivity index (χ3v) is 9.90. The lowest BCUT2D eigenvalue weighted by Gasteiger charge is -2.32. The van der Waals surface area contributed by atoms with E-state index in [2.05, 4.69) is 75.6 Å². The van der Waals surface area contributed by atoms with Crippen LogP contribution in [0.15, 0.2) is 67.1 Å². The second-order valence-corrected chi connectivity index (χ2v) is 14.3. The van der Waals surface area contributed by atoms with E-state index in [4.69, 9.17) is 9.53 Å². The van der Waals surface area contributed by atoms with Gasteiger partial charge < -0.3 is 40.7 Å². The quantitative estimate of drug-likeness (QED) is 0.128. The highest BCUT2D eigenvalue weighted by molar-refractivity contribution is 6.03. The number of anilines is 2. The molecule has 3 fully saturated rings. The molecule has 1 atom stereocenters. The zero-order chi connectivity index (χ0) is 41.7. The molecule has 0 saturated carbocycles. The lowest BCUT2D eigenvalue weighted by molar-refractivity contribution is -0.108. The second-order valence-electron chi connectivity index (χ2n) is 14.3. The number of hydrogen-bond acceptors (Lipinski definition) is 13. The molecular weight excluding hydrogens is 739 g/mol. The molecule has 5 N–H and O–H groups in total. The minimum Gasteiger partial charge on any atom is -0.378 e. The summed E-state index contributed by atoms with van der Waals surface area (Å²) in [5, 5.41) is 7.36. The molecule has 58 heavy (non-hydrogen) atoms. The van der Waals surface area contributed by atoms with Gasteiger partial charge in [0.1, 0.15) is 36.1 Å². The number of hydrogen-bond donors (Lipinski definition) is 4. The van der Waals surface area contributed by atoms with Gasteiger partial charge in [-0.25, -0.2) is 9.97 Å². The van der Waals surface area contributed by atoms with E-state index in [-0.39, 0.29) is 12.3 Å². The number of H-pyrrole nitrogens is 1. The number of ether oxygens (including phenoxy) is 1. The van der Waals surface area contributed by atoms with Gasteiger partial charge in [-0.15, -0.1) is 0 Å². The number of benzene rings is 1. The van der Waals surface area contributed by atoms with Crippen LogP contribution in [0, 0.1) is 0 Å². The fourth-order valence-electron chi connectivity index (χ4n) is 6.76. The highest BCUT2D eigenvalue weighted by Gasteiger charge is 2.20. The summed E-state index contributed by atoms with van der Waals surface area (Å²) in [4.78, 5) is 67.0. The van der Waals surface area contributed by atoms with Crippen molar-refractivity contribution in [1.82, 2.24) is 40.0 Å². The number of primary amides is 1. The van der Waals surface area contributed by atoms with Crippen LogP contribution in [0.1, 0.15) is 42.2 Å². The Bertz CT molecular complexity index is 1890. The first-order valence-corrected chi connectivity index (χ1v) is 19.8. The van der Waals surface area contributed by atoms with Crippen molar-refractivity contribution in [3.8, 4) is 11.3 Å². The number of morpholine rings is 1. The van der Waals surface area contributed by atoms with E-state index in [1.54, 1.807) is 12.5 Å². The van der Waals surface area contributed by atoms with Gasteiger partial charge in [-0.2, -0.15) is 0 Å². The number of carbonyl (C=O) groups excluding carboxylic acids is 4. The number of pyridine rings is 1. The number of rotatable bonds is 11.